The second-order valence-corrected chi connectivity index (χ2v) is 3.73. The topological polar surface area (TPSA) is 12.5 Å². The molecule has 0 spiro atoms. The summed E-state index contributed by atoms with van der Waals surface area (Å²) in [6.45, 7) is 5.95. The Morgan fingerprint density at radius 2 is 1.92 bits per heavy atom. The minimum absolute atomic E-state index is 0.827. The minimum atomic E-state index is 0.827. The second-order valence-electron chi connectivity index (χ2n) is 3.28. The molecule has 3 heteroatoms. The third-order valence-electron chi connectivity index (χ3n) is 2.02. The molecule has 0 heterocycles. The number of ether oxygens (including phenoxy) is 1. The number of likely N-dealkylation sites (N-methyl/N-ethyl adjacent to an activating group) is 1. The molecule has 0 aliphatic heterocycles. The molecule has 0 aromatic rings. The Labute approximate surface area is 88.1 Å². The van der Waals surface area contributed by atoms with Gasteiger partial charge >= 0.3 is 0 Å². The van der Waals surface area contributed by atoms with Crippen molar-refractivity contribution in [2.24, 2.45) is 0 Å². The van der Waals surface area contributed by atoms with Gasteiger partial charge in [-0.05, 0) is 39.1 Å². The van der Waals surface area contributed by atoms with Gasteiger partial charge in [-0.1, -0.05) is 6.42 Å². The highest BCUT2D eigenvalue weighted by Crippen LogP contribution is 1.98. The first kappa shape index (κ1) is 13.3. The smallest absolute Gasteiger partial charge is 0.0593 e. The lowest BCUT2D eigenvalue weighted by Crippen LogP contribution is -2.24. The van der Waals surface area contributed by atoms with Crippen LogP contribution < -0.4 is 0 Å². The predicted octanol–water partition coefficient (Wildman–Crippen LogP) is 2.05. The van der Waals surface area contributed by atoms with Crippen molar-refractivity contribution in [3.05, 3.63) is 0 Å². The van der Waals surface area contributed by atoms with E-state index in [2.05, 4.69) is 24.6 Å². The van der Waals surface area contributed by atoms with E-state index in [9.17, 15) is 0 Å². The van der Waals surface area contributed by atoms with Gasteiger partial charge in [-0.25, -0.2) is 0 Å². The van der Waals surface area contributed by atoms with Crippen LogP contribution in [0.4, 0.5) is 0 Å². The van der Waals surface area contributed by atoms with Gasteiger partial charge in [-0.3, -0.25) is 0 Å². The van der Waals surface area contributed by atoms with Crippen molar-refractivity contribution in [3.8, 4) is 0 Å². The number of hydrogen-bond donors (Lipinski definition) is 1. The van der Waals surface area contributed by atoms with Crippen LogP contribution in [-0.4, -0.2) is 44.0 Å². The summed E-state index contributed by atoms with van der Waals surface area (Å²) < 4.78 is 5.28. The second kappa shape index (κ2) is 10.4. The Morgan fingerprint density at radius 1 is 1.15 bits per heavy atom. The molecule has 0 saturated carbocycles. The molecule has 0 rings (SSSR count). The van der Waals surface area contributed by atoms with Gasteiger partial charge in [0, 0.05) is 13.2 Å². The first-order chi connectivity index (χ1) is 6.31. The van der Waals surface area contributed by atoms with Gasteiger partial charge in [-0.2, -0.15) is 12.6 Å². The van der Waals surface area contributed by atoms with E-state index in [1.807, 2.05) is 6.92 Å². The zero-order valence-electron chi connectivity index (χ0n) is 8.96. The van der Waals surface area contributed by atoms with Gasteiger partial charge in [0.15, 0.2) is 0 Å². The highest BCUT2D eigenvalue weighted by atomic mass is 32.1. The van der Waals surface area contributed by atoms with E-state index in [0.717, 1.165) is 25.5 Å². The molecule has 2 nitrogen and oxygen atoms in total. The number of thiol groups is 1. The van der Waals surface area contributed by atoms with Crippen LogP contribution in [0, 0.1) is 0 Å². The summed E-state index contributed by atoms with van der Waals surface area (Å²) in [4.78, 5) is 2.33. The van der Waals surface area contributed by atoms with Crippen LogP contribution in [0.2, 0.25) is 0 Å². The molecule has 0 fully saturated rings. The summed E-state index contributed by atoms with van der Waals surface area (Å²) in [6.07, 6.45) is 3.81. The summed E-state index contributed by atoms with van der Waals surface area (Å²) in [5.74, 6) is 1.02. The predicted molar refractivity (Wildman–Crippen MR) is 61.7 cm³/mol. The number of unbranched alkanes of at least 4 members (excludes halogenated alkanes) is 2. The van der Waals surface area contributed by atoms with Crippen LogP contribution in [0.25, 0.3) is 0 Å². The molecule has 80 valence electrons. The Hall–Kier alpha value is 0.270. The average molecular weight is 205 g/mol. The van der Waals surface area contributed by atoms with Crippen molar-refractivity contribution < 1.29 is 4.74 Å². The molecule has 0 N–H and O–H groups in total. The van der Waals surface area contributed by atoms with Crippen LogP contribution in [0.5, 0.6) is 0 Å². The fourth-order valence-corrected chi connectivity index (χ4v) is 1.37. The third-order valence-corrected chi connectivity index (χ3v) is 2.34. The maximum absolute atomic E-state index is 5.28. The van der Waals surface area contributed by atoms with Crippen LogP contribution in [0.15, 0.2) is 0 Å². The van der Waals surface area contributed by atoms with Gasteiger partial charge in [0.1, 0.15) is 0 Å². The Balaban J connectivity index is 3.05. The highest BCUT2D eigenvalue weighted by Gasteiger charge is 1.96. The lowest BCUT2D eigenvalue weighted by molar-refractivity contribution is 0.121. The van der Waals surface area contributed by atoms with Gasteiger partial charge < -0.3 is 9.64 Å². The highest BCUT2D eigenvalue weighted by molar-refractivity contribution is 7.80. The van der Waals surface area contributed by atoms with Gasteiger partial charge in [0.05, 0.1) is 6.61 Å². The zero-order chi connectivity index (χ0) is 9.94. The van der Waals surface area contributed by atoms with Crippen LogP contribution in [0.1, 0.15) is 26.2 Å². The van der Waals surface area contributed by atoms with Gasteiger partial charge in [0.25, 0.3) is 0 Å². The molecule has 0 unspecified atom stereocenters. The zero-order valence-corrected chi connectivity index (χ0v) is 9.85. The first-order valence-electron chi connectivity index (χ1n) is 5.18. The first-order valence-corrected chi connectivity index (χ1v) is 5.81. The summed E-state index contributed by atoms with van der Waals surface area (Å²) in [6, 6.07) is 0. The summed E-state index contributed by atoms with van der Waals surface area (Å²) >= 11 is 4.18. The van der Waals surface area contributed by atoms with Crippen LogP contribution in [0.3, 0.4) is 0 Å². The normalized spacial score (nSPS) is 11.1. The van der Waals surface area contributed by atoms with Crippen molar-refractivity contribution in [2.45, 2.75) is 26.2 Å². The van der Waals surface area contributed by atoms with Crippen molar-refractivity contribution in [2.75, 3.05) is 39.1 Å². The fraction of sp³-hybridized carbons (Fsp3) is 1.00. The fourth-order valence-electron chi connectivity index (χ4n) is 1.15. The molecular formula is C10H23NOS. The van der Waals surface area contributed by atoms with Crippen LogP contribution in [-0.2, 0) is 4.74 Å². The summed E-state index contributed by atoms with van der Waals surface area (Å²) in [5.41, 5.74) is 0. The maximum Gasteiger partial charge on any atom is 0.0593 e. The molecule has 0 aliphatic rings. The minimum Gasteiger partial charge on any atom is -0.380 e. The molecular weight excluding hydrogens is 182 g/mol. The Kier molecular flexibility index (Phi) is 10.6. The SMILES string of the molecule is CCOCCN(C)CCCCCS. The Bertz CT molecular complexity index is 101. The molecule has 0 aliphatic carbocycles. The lowest BCUT2D eigenvalue weighted by Gasteiger charge is -2.15. The lowest BCUT2D eigenvalue weighted by atomic mass is 10.2. The largest absolute Gasteiger partial charge is 0.380 e. The van der Waals surface area contributed by atoms with E-state index in [1.54, 1.807) is 0 Å². The number of nitrogens with zero attached hydrogens (tertiary/aromatic N) is 1. The van der Waals surface area contributed by atoms with Crippen molar-refractivity contribution in [1.29, 1.82) is 0 Å². The van der Waals surface area contributed by atoms with Gasteiger partial charge in [0.2, 0.25) is 0 Å². The monoisotopic (exact) mass is 205 g/mol. The van der Waals surface area contributed by atoms with E-state index in [4.69, 9.17) is 4.74 Å². The maximum atomic E-state index is 5.28. The molecule has 0 aromatic heterocycles. The van der Waals surface area contributed by atoms with Crippen LogP contribution >= 0.6 is 12.6 Å². The third kappa shape index (κ3) is 10.2. The number of rotatable bonds is 9. The molecule has 13 heavy (non-hydrogen) atoms. The standard InChI is InChI=1S/C10H23NOS/c1-3-12-9-8-11(2)7-5-4-6-10-13/h13H,3-10H2,1-2H3. The molecule has 0 amide bonds. The average Bonchev–Trinajstić information content (AvgIpc) is 2.13. The molecule has 0 radical (unpaired) electrons. The summed E-state index contributed by atoms with van der Waals surface area (Å²) in [5, 5.41) is 0. The van der Waals surface area contributed by atoms with E-state index < -0.39 is 0 Å². The van der Waals surface area contributed by atoms with Crippen molar-refractivity contribution in [3.63, 3.8) is 0 Å². The molecule has 0 atom stereocenters. The molecule has 0 saturated heterocycles. The van der Waals surface area contributed by atoms with Gasteiger partial charge in [-0.15, -0.1) is 0 Å². The molecule has 0 aromatic carbocycles. The Morgan fingerprint density at radius 3 is 2.54 bits per heavy atom. The number of hydrogen-bond acceptors (Lipinski definition) is 3. The molecule has 0 bridgehead atoms. The van der Waals surface area contributed by atoms with E-state index >= 15 is 0 Å². The van der Waals surface area contributed by atoms with E-state index in [-0.39, 0.29) is 0 Å². The summed E-state index contributed by atoms with van der Waals surface area (Å²) in [7, 11) is 2.15. The quantitative estimate of drug-likeness (QED) is 0.457. The van der Waals surface area contributed by atoms with E-state index in [0.29, 0.717) is 0 Å². The van der Waals surface area contributed by atoms with E-state index in [1.165, 1.54) is 25.8 Å². The van der Waals surface area contributed by atoms with Crippen molar-refractivity contribution in [1.82, 2.24) is 4.90 Å². The van der Waals surface area contributed by atoms with Crippen molar-refractivity contribution >= 4 is 12.6 Å².